The minimum atomic E-state index is -1.30. The summed E-state index contributed by atoms with van der Waals surface area (Å²) in [6.45, 7) is 9.95. The van der Waals surface area contributed by atoms with Crippen LogP contribution in [0.3, 0.4) is 0 Å². The predicted octanol–water partition coefficient (Wildman–Crippen LogP) is 1.36. The molecule has 2 N–H and O–H groups in total. The zero-order valence-corrected chi connectivity index (χ0v) is 16.0. The number of nitrogens with zero attached hydrogens (tertiary/aromatic N) is 2. The van der Waals surface area contributed by atoms with Crippen molar-refractivity contribution in [3.05, 3.63) is 0 Å². The Hall–Kier alpha value is -2.52. The molecule has 2 fully saturated rings. The molecule has 1 unspecified atom stereocenters. The second-order valence-corrected chi connectivity index (χ2v) is 8.38. The molecule has 0 radical (unpaired) electrons. The maximum Gasteiger partial charge on any atom is 0.429 e. The molecule has 2 saturated heterocycles. The van der Waals surface area contributed by atoms with Crippen LogP contribution in [0.25, 0.3) is 0 Å². The molecule has 1 atom stereocenters. The highest BCUT2D eigenvalue weighted by Gasteiger charge is 2.53. The molecule has 0 aromatic carbocycles. The van der Waals surface area contributed by atoms with Gasteiger partial charge >= 0.3 is 18.2 Å². The number of imide groups is 1. The molecule has 2 aliphatic heterocycles. The third-order valence-electron chi connectivity index (χ3n) is 3.68. The van der Waals surface area contributed by atoms with E-state index in [1.807, 2.05) is 0 Å². The van der Waals surface area contributed by atoms with Crippen molar-refractivity contribution in [3.8, 4) is 0 Å². The standard InChI is InChI=1S/C16H26N4O6/c1-14(2,3)25-12(23)19-8-7-16(10(21)17-11(22)18-16)9-20(19)13(24)26-15(4,5)6/h7-9H2,1-6H3,(H2,17,18,21,22). The maximum atomic E-state index is 12.6. The molecular weight excluding hydrogens is 344 g/mol. The fraction of sp³-hybridized carbons (Fsp3) is 0.750. The first-order valence-electron chi connectivity index (χ1n) is 8.37. The van der Waals surface area contributed by atoms with Crippen LogP contribution in [0.15, 0.2) is 0 Å². The van der Waals surface area contributed by atoms with Crippen molar-refractivity contribution in [2.45, 2.75) is 64.7 Å². The van der Waals surface area contributed by atoms with Gasteiger partial charge in [0.05, 0.1) is 6.54 Å². The number of hydrazine groups is 1. The van der Waals surface area contributed by atoms with Gasteiger partial charge < -0.3 is 14.8 Å². The minimum Gasteiger partial charge on any atom is -0.442 e. The van der Waals surface area contributed by atoms with Gasteiger partial charge in [-0.15, -0.1) is 0 Å². The third kappa shape index (κ3) is 4.36. The van der Waals surface area contributed by atoms with Crippen LogP contribution < -0.4 is 10.6 Å². The molecule has 146 valence electrons. The van der Waals surface area contributed by atoms with Crippen LogP contribution in [0.4, 0.5) is 14.4 Å². The summed E-state index contributed by atoms with van der Waals surface area (Å²) in [5.41, 5.74) is -2.86. The van der Waals surface area contributed by atoms with Gasteiger partial charge in [0.2, 0.25) is 0 Å². The van der Waals surface area contributed by atoms with Gasteiger partial charge in [0, 0.05) is 13.0 Å². The van der Waals surface area contributed by atoms with Crippen molar-refractivity contribution in [1.82, 2.24) is 20.7 Å². The number of nitrogens with one attached hydrogen (secondary N) is 2. The number of hydrogen-bond donors (Lipinski definition) is 2. The van der Waals surface area contributed by atoms with E-state index in [2.05, 4.69) is 10.6 Å². The van der Waals surface area contributed by atoms with Crippen LogP contribution in [0.5, 0.6) is 0 Å². The summed E-state index contributed by atoms with van der Waals surface area (Å²) in [5, 5.41) is 6.82. The summed E-state index contributed by atoms with van der Waals surface area (Å²) < 4.78 is 10.7. The number of amides is 5. The van der Waals surface area contributed by atoms with Gasteiger partial charge in [0.25, 0.3) is 5.91 Å². The first-order valence-corrected chi connectivity index (χ1v) is 8.37. The smallest absolute Gasteiger partial charge is 0.429 e. The number of rotatable bonds is 0. The van der Waals surface area contributed by atoms with Gasteiger partial charge in [-0.3, -0.25) is 10.1 Å². The van der Waals surface area contributed by atoms with Crippen molar-refractivity contribution in [2.24, 2.45) is 0 Å². The van der Waals surface area contributed by atoms with Gasteiger partial charge in [-0.1, -0.05) is 0 Å². The average Bonchev–Trinajstić information content (AvgIpc) is 2.68. The zero-order valence-electron chi connectivity index (χ0n) is 16.0. The molecule has 0 bridgehead atoms. The highest BCUT2D eigenvalue weighted by Crippen LogP contribution is 2.27. The Balaban J connectivity index is 2.28. The SMILES string of the molecule is CC(C)(C)OC(=O)N1CCC2(CN1C(=O)OC(C)(C)C)NC(=O)NC2=O. The lowest BCUT2D eigenvalue weighted by Gasteiger charge is -2.44. The van der Waals surface area contributed by atoms with Gasteiger partial charge in [0.15, 0.2) is 0 Å². The summed E-state index contributed by atoms with van der Waals surface area (Å²) in [6.07, 6.45) is -1.40. The molecule has 5 amide bonds. The Kier molecular flexibility index (Phi) is 4.82. The fourth-order valence-corrected chi connectivity index (χ4v) is 2.64. The molecule has 10 nitrogen and oxygen atoms in total. The van der Waals surface area contributed by atoms with E-state index in [1.165, 1.54) is 0 Å². The fourth-order valence-electron chi connectivity index (χ4n) is 2.64. The second kappa shape index (κ2) is 6.33. The van der Waals surface area contributed by atoms with E-state index in [-0.39, 0.29) is 19.5 Å². The van der Waals surface area contributed by atoms with Gasteiger partial charge in [-0.2, -0.15) is 0 Å². The molecule has 2 aliphatic rings. The Bertz CT molecular complexity index is 636. The second-order valence-electron chi connectivity index (χ2n) is 8.38. The molecule has 2 rings (SSSR count). The van der Waals surface area contributed by atoms with Crippen LogP contribution in [0.2, 0.25) is 0 Å². The van der Waals surface area contributed by atoms with E-state index in [4.69, 9.17) is 9.47 Å². The van der Waals surface area contributed by atoms with Crippen molar-refractivity contribution in [3.63, 3.8) is 0 Å². The monoisotopic (exact) mass is 370 g/mol. The summed E-state index contributed by atoms with van der Waals surface area (Å²) in [7, 11) is 0. The molecule has 10 heteroatoms. The summed E-state index contributed by atoms with van der Waals surface area (Å²) in [5.74, 6) is -0.542. The first-order chi connectivity index (χ1) is 11.7. The summed E-state index contributed by atoms with van der Waals surface area (Å²) in [4.78, 5) is 48.9. The molecule has 1 spiro atoms. The van der Waals surface area contributed by atoms with Crippen LogP contribution in [-0.2, 0) is 14.3 Å². The Morgan fingerprint density at radius 2 is 1.46 bits per heavy atom. The number of carbonyl (C=O) groups is 4. The van der Waals surface area contributed by atoms with Crippen LogP contribution >= 0.6 is 0 Å². The van der Waals surface area contributed by atoms with Gasteiger partial charge in [-0.05, 0) is 41.5 Å². The quantitative estimate of drug-likeness (QED) is 0.622. The van der Waals surface area contributed by atoms with E-state index >= 15 is 0 Å². The first kappa shape index (κ1) is 19.8. The lowest BCUT2D eigenvalue weighted by atomic mass is 9.93. The van der Waals surface area contributed by atoms with Gasteiger partial charge in [-0.25, -0.2) is 24.4 Å². The summed E-state index contributed by atoms with van der Waals surface area (Å²) in [6, 6.07) is -0.634. The van der Waals surface area contributed by atoms with E-state index in [0.717, 1.165) is 10.0 Å². The predicted molar refractivity (Wildman–Crippen MR) is 89.9 cm³/mol. The van der Waals surface area contributed by atoms with E-state index in [1.54, 1.807) is 41.5 Å². The lowest BCUT2D eigenvalue weighted by Crippen LogP contribution is -2.67. The van der Waals surface area contributed by atoms with Gasteiger partial charge in [0.1, 0.15) is 16.7 Å². The van der Waals surface area contributed by atoms with Crippen molar-refractivity contribution < 1.29 is 28.7 Å². The van der Waals surface area contributed by atoms with Crippen molar-refractivity contribution in [1.29, 1.82) is 0 Å². The Morgan fingerprint density at radius 1 is 0.962 bits per heavy atom. The van der Waals surface area contributed by atoms with Crippen LogP contribution in [0, 0.1) is 0 Å². The normalized spacial score (nSPS) is 23.6. The maximum absolute atomic E-state index is 12.6. The molecule has 26 heavy (non-hydrogen) atoms. The van der Waals surface area contributed by atoms with E-state index in [0.29, 0.717) is 0 Å². The Labute approximate surface area is 152 Å². The number of hydrogen-bond acceptors (Lipinski definition) is 6. The highest BCUT2D eigenvalue weighted by atomic mass is 16.6. The third-order valence-corrected chi connectivity index (χ3v) is 3.68. The minimum absolute atomic E-state index is 0.00184. The van der Waals surface area contributed by atoms with Crippen molar-refractivity contribution in [2.75, 3.05) is 13.1 Å². The number of carbonyl (C=O) groups excluding carboxylic acids is 4. The molecule has 0 aromatic heterocycles. The molecule has 0 saturated carbocycles. The highest BCUT2D eigenvalue weighted by molar-refractivity contribution is 6.07. The number of urea groups is 1. The lowest BCUT2D eigenvalue weighted by molar-refractivity contribution is -0.132. The van der Waals surface area contributed by atoms with Crippen molar-refractivity contribution >= 4 is 24.1 Å². The van der Waals surface area contributed by atoms with E-state index in [9.17, 15) is 19.2 Å². The molecular formula is C16H26N4O6. The number of ether oxygens (including phenoxy) is 2. The Morgan fingerprint density at radius 3 is 1.88 bits per heavy atom. The molecule has 0 aromatic rings. The van der Waals surface area contributed by atoms with E-state index < -0.39 is 40.9 Å². The molecule has 2 heterocycles. The van der Waals surface area contributed by atoms with Crippen LogP contribution in [-0.4, -0.2) is 64.0 Å². The van der Waals surface area contributed by atoms with Crippen LogP contribution in [0.1, 0.15) is 48.0 Å². The average molecular weight is 370 g/mol. The topological polar surface area (TPSA) is 117 Å². The summed E-state index contributed by atoms with van der Waals surface area (Å²) >= 11 is 0. The zero-order chi connectivity index (χ0) is 19.9. The molecule has 0 aliphatic carbocycles. The largest absolute Gasteiger partial charge is 0.442 e.